The first kappa shape index (κ1) is 42.5. The van der Waals surface area contributed by atoms with E-state index in [1.165, 1.54) is 5.39 Å². The highest BCUT2D eigenvalue weighted by Crippen LogP contribution is 2.45. The van der Waals surface area contributed by atoms with Gasteiger partial charge in [-0.3, -0.25) is 0 Å². The SMILES string of the molecule is c1ccc(-c2cccc(-c3nc(-c4ccc(-n5c6ccccc6c6ccc7c8ccc9c%10ccccc%10n(-c%10ccccc%10-c%10ccccc%10)c9c8oc7c65)cc4)nc(-c4ccccc4-c4ccccc4)n3)c2)cc1. The van der Waals surface area contributed by atoms with Gasteiger partial charge in [0.25, 0.3) is 0 Å². The first-order valence-corrected chi connectivity index (χ1v) is 25.3. The van der Waals surface area contributed by atoms with Gasteiger partial charge in [0.2, 0.25) is 0 Å². The topological polar surface area (TPSA) is 61.7 Å². The van der Waals surface area contributed by atoms with Gasteiger partial charge in [-0.05, 0) is 88.5 Å². The van der Waals surface area contributed by atoms with E-state index in [0.717, 1.165) is 122 Å². The second-order valence-corrected chi connectivity index (χ2v) is 19.1. The molecule has 0 atom stereocenters. The largest absolute Gasteiger partial charge is 0.452 e. The quantitative estimate of drug-likeness (QED) is 0.152. The Morgan fingerprint density at radius 1 is 0.267 bits per heavy atom. The van der Waals surface area contributed by atoms with Crippen LogP contribution in [0.4, 0.5) is 0 Å². The van der Waals surface area contributed by atoms with Crippen LogP contribution in [-0.4, -0.2) is 24.1 Å². The molecule has 0 aliphatic heterocycles. The number of nitrogens with zero attached hydrogens (tertiary/aromatic N) is 5. The molecule has 350 valence electrons. The van der Waals surface area contributed by atoms with E-state index in [-0.39, 0.29) is 0 Å². The highest BCUT2D eigenvalue weighted by molar-refractivity contribution is 6.26. The third-order valence-corrected chi connectivity index (χ3v) is 14.8. The lowest BCUT2D eigenvalue weighted by molar-refractivity contribution is 0.673. The summed E-state index contributed by atoms with van der Waals surface area (Å²) >= 11 is 0. The molecular weight excluding hydrogens is 915 g/mol. The fourth-order valence-electron chi connectivity index (χ4n) is 11.4. The van der Waals surface area contributed by atoms with Crippen molar-refractivity contribution in [1.29, 1.82) is 0 Å². The third kappa shape index (κ3) is 6.92. The molecule has 4 aromatic heterocycles. The standard InChI is InChI=1S/C69H43N5O/c1-4-19-44(20-5-1)48-25-18-26-49(43-48)68-70-67(71-69(72-68)59-31-11-10-27-51(59)45-21-6-2-7-22-45)47-35-37-50(38-36-47)73-61-33-16-13-29-53(61)55-39-41-57-58-42-40-56-54-30-14-17-34-62(54)74(64(56)66(58)75-65(57)63(55)73)60-32-15-12-28-52(60)46-23-8-3-9-24-46/h1-43H. The highest BCUT2D eigenvalue weighted by Gasteiger charge is 2.24. The van der Waals surface area contributed by atoms with Crippen LogP contribution < -0.4 is 0 Å². The minimum atomic E-state index is 0.588. The van der Waals surface area contributed by atoms with Crippen LogP contribution in [0, 0.1) is 0 Å². The normalized spacial score (nSPS) is 11.7. The number of rotatable bonds is 8. The molecule has 0 bridgehead atoms. The van der Waals surface area contributed by atoms with Crippen molar-refractivity contribution in [1.82, 2.24) is 24.1 Å². The molecule has 0 saturated carbocycles. The van der Waals surface area contributed by atoms with Crippen molar-refractivity contribution in [2.75, 3.05) is 0 Å². The van der Waals surface area contributed by atoms with Crippen LogP contribution in [0.3, 0.4) is 0 Å². The summed E-state index contributed by atoms with van der Waals surface area (Å²) in [4.78, 5) is 15.7. The monoisotopic (exact) mass is 957 g/mol. The number of furan rings is 1. The molecule has 0 N–H and O–H groups in total. The Labute approximate surface area is 431 Å². The van der Waals surface area contributed by atoms with Gasteiger partial charge in [-0.25, -0.2) is 15.0 Å². The van der Waals surface area contributed by atoms with Gasteiger partial charge < -0.3 is 13.6 Å². The minimum absolute atomic E-state index is 0.588. The Morgan fingerprint density at radius 2 is 0.720 bits per heavy atom. The first-order chi connectivity index (χ1) is 37.2. The lowest BCUT2D eigenvalue weighted by Gasteiger charge is -2.14. The maximum atomic E-state index is 7.42. The fraction of sp³-hybridized carbons (Fsp3) is 0. The molecule has 15 rings (SSSR count). The summed E-state index contributed by atoms with van der Waals surface area (Å²) in [6.45, 7) is 0. The Balaban J connectivity index is 0.921. The van der Waals surface area contributed by atoms with E-state index >= 15 is 0 Å². The van der Waals surface area contributed by atoms with Crippen LogP contribution >= 0.6 is 0 Å². The minimum Gasteiger partial charge on any atom is -0.452 e. The Morgan fingerprint density at radius 3 is 1.37 bits per heavy atom. The van der Waals surface area contributed by atoms with Crippen molar-refractivity contribution in [2.45, 2.75) is 0 Å². The van der Waals surface area contributed by atoms with E-state index < -0.39 is 0 Å². The zero-order valence-electron chi connectivity index (χ0n) is 40.5. The van der Waals surface area contributed by atoms with Crippen LogP contribution in [0.5, 0.6) is 0 Å². The van der Waals surface area contributed by atoms with Crippen molar-refractivity contribution in [2.24, 2.45) is 0 Å². The van der Waals surface area contributed by atoms with E-state index in [1.54, 1.807) is 0 Å². The molecule has 0 fully saturated rings. The molecule has 15 aromatic rings. The molecule has 0 spiro atoms. The van der Waals surface area contributed by atoms with Gasteiger partial charge in [0, 0.05) is 60.3 Å². The molecule has 11 aromatic carbocycles. The number of para-hydroxylation sites is 3. The molecule has 75 heavy (non-hydrogen) atoms. The average Bonchev–Trinajstić information content (AvgIpc) is 4.16. The molecule has 0 aliphatic carbocycles. The Bertz CT molecular complexity index is 4690. The molecule has 0 amide bonds. The molecule has 6 nitrogen and oxygen atoms in total. The number of fused-ring (bicyclic) bond motifs is 11. The summed E-state index contributed by atoms with van der Waals surface area (Å²) in [6, 6.07) is 92.0. The van der Waals surface area contributed by atoms with Gasteiger partial charge in [0.15, 0.2) is 28.6 Å². The maximum absolute atomic E-state index is 7.42. The molecule has 0 saturated heterocycles. The zero-order valence-corrected chi connectivity index (χ0v) is 40.5. The first-order valence-electron chi connectivity index (χ1n) is 25.3. The van der Waals surface area contributed by atoms with Crippen molar-refractivity contribution in [3.05, 3.63) is 261 Å². The summed E-state index contributed by atoms with van der Waals surface area (Å²) in [5, 5.41) is 6.72. The lowest BCUT2D eigenvalue weighted by Crippen LogP contribution is -2.01. The molecule has 6 heteroatoms. The molecular formula is C69H43N5O. The van der Waals surface area contributed by atoms with E-state index in [1.807, 2.05) is 18.2 Å². The summed E-state index contributed by atoms with van der Waals surface area (Å²) < 4.78 is 12.2. The van der Waals surface area contributed by atoms with E-state index in [0.29, 0.717) is 17.5 Å². The zero-order chi connectivity index (χ0) is 49.4. The highest BCUT2D eigenvalue weighted by atomic mass is 16.3. The third-order valence-electron chi connectivity index (χ3n) is 14.8. The van der Waals surface area contributed by atoms with Crippen molar-refractivity contribution in [3.8, 4) is 78.9 Å². The Hall–Kier alpha value is -10.2. The van der Waals surface area contributed by atoms with Gasteiger partial charge in [-0.1, -0.05) is 200 Å². The van der Waals surface area contributed by atoms with E-state index in [4.69, 9.17) is 19.4 Å². The predicted octanol–water partition coefficient (Wildman–Crippen LogP) is 18.0. The number of aromatic nitrogens is 5. The van der Waals surface area contributed by atoms with Crippen molar-refractivity contribution < 1.29 is 4.42 Å². The summed E-state index contributed by atoms with van der Waals surface area (Å²) in [6.07, 6.45) is 0. The smallest absolute Gasteiger partial charge is 0.164 e. The summed E-state index contributed by atoms with van der Waals surface area (Å²) in [5.74, 6) is 1.80. The number of benzene rings is 11. The van der Waals surface area contributed by atoms with Crippen LogP contribution in [0.25, 0.3) is 144 Å². The van der Waals surface area contributed by atoms with Crippen molar-refractivity contribution in [3.63, 3.8) is 0 Å². The maximum Gasteiger partial charge on any atom is 0.164 e. The lowest BCUT2D eigenvalue weighted by atomic mass is 9.99. The number of hydrogen-bond acceptors (Lipinski definition) is 4. The second kappa shape index (κ2) is 17.3. The molecule has 4 heterocycles. The van der Waals surface area contributed by atoms with Gasteiger partial charge in [-0.15, -0.1) is 0 Å². The molecule has 0 aliphatic rings. The second-order valence-electron chi connectivity index (χ2n) is 19.1. The van der Waals surface area contributed by atoms with Gasteiger partial charge in [0.1, 0.15) is 0 Å². The van der Waals surface area contributed by atoms with Crippen LogP contribution in [0.15, 0.2) is 265 Å². The average molecular weight is 958 g/mol. The predicted molar refractivity (Wildman–Crippen MR) is 308 cm³/mol. The van der Waals surface area contributed by atoms with Gasteiger partial charge in [0.05, 0.1) is 27.8 Å². The van der Waals surface area contributed by atoms with Crippen molar-refractivity contribution >= 4 is 65.6 Å². The fourth-order valence-corrected chi connectivity index (χ4v) is 11.4. The summed E-state index contributed by atoms with van der Waals surface area (Å²) in [5.41, 5.74) is 17.5. The van der Waals surface area contributed by atoms with Gasteiger partial charge >= 0.3 is 0 Å². The van der Waals surface area contributed by atoms with Crippen LogP contribution in [0.2, 0.25) is 0 Å². The van der Waals surface area contributed by atoms with E-state index in [2.05, 4.69) is 252 Å². The Kier molecular flexibility index (Phi) is 9.78. The van der Waals surface area contributed by atoms with Crippen LogP contribution in [-0.2, 0) is 0 Å². The van der Waals surface area contributed by atoms with E-state index in [9.17, 15) is 0 Å². The summed E-state index contributed by atoms with van der Waals surface area (Å²) in [7, 11) is 0. The van der Waals surface area contributed by atoms with Gasteiger partial charge in [-0.2, -0.15) is 0 Å². The molecule has 0 radical (unpaired) electrons. The number of hydrogen-bond donors (Lipinski definition) is 0. The molecule has 0 unspecified atom stereocenters. The van der Waals surface area contributed by atoms with Crippen LogP contribution in [0.1, 0.15) is 0 Å².